The quantitative estimate of drug-likeness (QED) is 0.0261. The minimum Gasteiger partial charge on any atom is -0.462 e. The van der Waals surface area contributed by atoms with Crippen LogP contribution in [0, 0.1) is 0 Å². The van der Waals surface area contributed by atoms with Crippen LogP contribution in [0.25, 0.3) is 0 Å². The highest BCUT2D eigenvalue weighted by atomic mass is 16.6. The number of allylic oxidation sites excluding steroid dienone is 18. The van der Waals surface area contributed by atoms with E-state index in [2.05, 4.69) is 130 Å². The van der Waals surface area contributed by atoms with Crippen LogP contribution in [0.5, 0.6) is 0 Å². The van der Waals surface area contributed by atoms with Crippen molar-refractivity contribution in [3.05, 3.63) is 109 Å². The fraction of sp³-hybridized carbons (Fsp3) is 0.712. The van der Waals surface area contributed by atoms with E-state index in [-0.39, 0.29) is 31.1 Å². The van der Waals surface area contributed by atoms with Gasteiger partial charge in [-0.25, -0.2) is 0 Å². The Morgan fingerprint density at radius 2 is 0.494 bits per heavy atom. The first-order valence-electron chi connectivity index (χ1n) is 33.4. The van der Waals surface area contributed by atoms with E-state index in [9.17, 15) is 14.4 Å². The topological polar surface area (TPSA) is 78.9 Å². The summed E-state index contributed by atoms with van der Waals surface area (Å²) in [4.78, 5) is 38.1. The largest absolute Gasteiger partial charge is 0.462 e. The van der Waals surface area contributed by atoms with Gasteiger partial charge in [-0.1, -0.05) is 297 Å². The predicted octanol–water partition coefficient (Wildman–Crippen LogP) is 23.0. The van der Waals surface area contributed by atoms with Gasteiger partial charge >= 0.3 is 17.9 Å². The molecule has 0 amide bonds. The van der Waals surface area contributed by atoms with Gasteiger partial charge in [-0.2, -0.15) is 0 Å². The summed E-state index contributed by atoms with van der Waals surface area (Å²) >= 11 is 0. The number of ether oxygens (including phenoxy) is 3. The standard InChI is InChI=1S/C73H124O6/c1-4-7-10-13-16-18-20-22-24-26-28-30-31-32-33-34-35-36-37-38-39-40-41-43-44-46-48-50-52-54-57-60-63-66-72(75)78-69-70(68-77-71(74)65-62-59-56-15-12-9-6-3)79-73(76)67-64-61-58-55-53-51-49-47-45-42-29-27-25-23-21-19-17-14-11-8-5-2/h7,10,16,18,22,24,27-30,32-33,35-36,38-39,41,43,70H,4-6,8-9,11-15,17,19-21,23,25-26,31,34,37,40,42,44-69H2,1-3H3/b10-7-,18-16-,24-22-,29-27-,30-28-,33-32-,36-35-,39-38-,43-41-. The molecule has 79 heavy (non-hydrogen) atoms. The van der Waals surface area contributed by atoms with Gasteiger partial charge in [0.25, 0.3) is 0 Å². The van der Waals surface area contributed by atoms with Crippen molar-refractivity contribution in [2.75, 3.05) is 13.2 Å². The average molecular weight is 1100 g/mol. The molecule has 0 spiro atoms. The monoisotopic (exact) mass is 1100 g/mol. The van der Waals surface area contributed by atoms with Crippen molar-refractivity contribution in [3.63, 3.8) is 0 Å². The molecule has 0 radical (unpaired) electrons. The molecular formula is C73H124O6. The molecule has 6 nitrogen and oxygen atoms in total. The Morgan fingerprint density at radius 1 is 0.266 bits per heavy atom. The van der Waals surface area contributed by atoms with Crippen LogP contribution in [0.2, 0.25) is 0 Å². The maximum Gasteiger partial charge on any atom is 0.306 e. The molecule has 0 aromatic carbocycles. The second-order valence-corrected chi connectivity index (χ2v) is 22.0. The maximum atomic E-state index is 12.9. The van der Waals surface area contributed by atoms with Gasteiger partial charge in [0, 0.05) is 19.3 Å². The fourth-order valence-corrected chi connectivity index (χ4v) is 9.28. The van der Waals surface area contributed by atoms with E-state index in [0.717, 1.165) is 116 Å². The van der Waals surface area contributed by atoms with Crippen LogP contribution >= 0.6 is 0 Å². The Balaban J connectivity index is 4.14. The van der Waals surface area contributed by atoms with E-state index < -0.39 is 6.10 Å². The second kappa shape index (κ2) is 66.6. The highest BCUT2D eigenvalue weighted by Gasteiger charge is 2.19. The number of unbranched alkanes of at least 4 members (excludes halogenated alkanes) is 31. The lowest BCUT2D eigenvalue weighted by Crippen LogP contribution is -2.30. The molecule has 0 heterocycles. The van der Waals surface area contributed by atoms with Crippen LogP contribution in [-0.4, -0.2) is 37.2 Å². The summed E-state index contributed by atoms with van der Waals surface area (Å²) in [5.41, 5.74) is 0. The van der Waals surface area contributed by atoms with Crippen LogP contribution in [0.15, 0.2) is 109 Å². The molecule has 0 saturated carbocycles. The van der Waals surface area contributed by atoms with E-state index in [1.807, 2.05) is 0 Å². The van der Waals surface area contributed by atoms with Gasteiger partial charge in [-0.15, -0.1) is 0 Å². The zero-order valence-corrected chi connectivity index (χ0v) is 51.9. The molecular weight excluding hydrogens is 973 g/mol. The smallest absolute Gasteiger partial charge is 0.306 e. The molecule has 0 rings (SSSR count). The van der Waals surface area contributed by atoms with E-state index in [4.69, 9.17) is 14.2 Å². The molecule has 6 heteroatoms. The van der Waals surface area contributed by atoms with Crippen molar-refractivity contribution >= 4 is 17.9 Å². The molecule has 0 aliphatic rings. The Hall–Kier alpha value is -3.93. The third kappa shape index (κ3) is 64.8. The average Bonchev–Trinajstić information content (AvgIpc) is 3.45. The Labute approximate surface area is 489 Å². The number of carbonyl (C=O) groups is 3. The second-order valence-electron chi connectivity index (χ2n) is 22.0. The molecule has 0 fully saturated rings. The third-order valence-corrected chi connectivity index (χ3v) is 14.3. The van der Waals surface area contributed by atoms with Crippen LogP contribution in [0.1, 0.15) is 316 Å². The Morgan fingerprint density at radius 3 is 0.785 bits per heavy atom. The van der Waals surface area contributed by atoms with E-state index in [0.29, 0.717) is 19.3 Å². The summed E-state index contributed by atoms with van der Waals surface area (Å²) in [6.45, 7) is 6.50. The minimum absolute atomic E-state index is 0.0795. The van der Waals surface area contributed by atoms with Crippen molar-refractivity contribution in [2.24, 2.45) is 0 Å². The normalized spacial score (nSPS) is 12.8. The number of carbonyl (C=O) groups excluding carboxylic acids is 3. The summed E-state index contributed by atoms with van der Waals surface area (Å²) in [5.74, 6) is -0.889. The van der Waals surface area contributed by atoms with E-state index in [1.165, 1.54) is 161 Å². The summed E-state index contributed by atoms with van der Waals surface area (Å²) in [7, 11) is 0. The van der Waals surface area contributed by atoms with Gasteiger partial charge in [0.05, 0.1) is 0 Å². The number of rotatable bonds is 60. The van der Waals surface area contributed by atoms with Crippen molar-refractivity contribution in [3.8, 4) is 0 Å². The SMILES string of the molecule is CC/C=C\C/C=C\C/C=C\C/C=C\C/C=C\C/C=C\C/C=C\C/C=C\CCCCCCCCCCC(=O)OCC(COC(=O)CCCCCCCCC)OC(=O)CCCCCCCCCCC/C=C\CCCCCCCCCC. The van der Waals surface area contributed by atoms with Crippen LogP contribution in [0.4, 0.5) is 0 Å². The van der Waals surface area contributed by atoms with Crippen molar-refractivity contribution in [1.29, 1.82) is 0 Å². The van der Waals surface area contributed by atoms with Crippen LogP contribution < -0.4 is 0 Å². The lowest BCUT2D eigenvalue weighted by atomic mass is 10.1. The molecule has 0 aromatic rings. The van der Waals surface area contributed by atoms with Crippen LogP contribution in [0.3, 0.4) is 0 Å². The van der Waals surface area contributed by atoms with E-state index >= 15 is 0 Å². The fourth-order valence-electron chi connectivity index (χ4n) is 9.28. The lowest BCUT2D eigenvalue weighted by Gasteiger charge is -2.18. The Bertz CT molecular complexity index is 1590. The summed E-state index contributed by atoms with van der Waals surface area (Å²) in [6.07, 6.45) is 91.3. The van der Waals surface area contributed by atoms with Gasteiger partial charge in [0.1, 0.15) is 13.2 Å². The molecule has 0 aromatic heterocycles. The number of hydrogen-bond acceptors (Lipinski definition) is 6. The zero-order chi connectivity index (χ0) is 57.1. The molecule has 1 atom stereocenters. The van der Waals surface area contributed by atoms with Gasteiger partial charge in [-0.3, -0.25) is 14.4 Å². The summed E-state index contributed by atoms with van der Waals surface area (Å²) in [6, 6.07) is 0. The van der Waals surface area contributed by atoms with Crippen molar-refractivity contribution in [2.45, 2.75) is 322 Å². The first-order valence-corrected chi connectivity index (χ1v) is 33.4. The Kier molecular flexibility index (Phi) is 63.3. The molecule has 0 N–H and O–H groups in total. The van der Waals surface area contributed by atoms with Crippen LogP contribution in [-0.2, 0) is 28.6 Å². The minimum atomic E-state index is -0.781. The first kappa shape index (κ1) is 75.1. The number of esters is 3. The zero-order valence-electron chi connectivity index (χ0n) is 51.9. The molecule has 0 aliphatic heterocycles. The summed E-state index contributed by atoms with van der Waals surface area (Å²) in [5, 5.41) is 0. The molecule has 1 unspecified atom stereocenters. The van der Waals surface area contributed by atoms with Gasteiger partial charge in [0.15, 0.2) is 6.10 Å². The maximum absolute atomic E-state index is 12.9. The van der Waals surface area contributed by atoms with Gasteiger partial charge in [-0.05, 0) is 109 Å². The summed E-state index contributed by atoms with van der Waals surface area (Å²) < 4.78 is 16.8. The lowest BCUT2D eigenvalue weighted by molar-refractivity contribution is -0.167. The molecule has 0 aliphatic carbocycles. The van der Waals surface area contributed by atoms with Gasteiger partial charge < -0.3 is 14.2 Å². The molecule has 0 saturated heterocycles. The van der Waals surface area contributed by atoms with E-state index in [1.54, 1.807) is 0 Å². The highest BCUT2D eigenvalue weighted by Crippen LogP contribution is 2.16. The van der Waals surface area contributed by atoms with Crippen molar-refractivity contribution < 1.29 is 28.6 Å². The molecule has 0 bridgehead atoms. The highest BCUT2D eigenvalue weighted by molar-refractivity contribution is 5.71. The van der Waals surface area contributed by atoms with Gasteiger partial charge in [0.2, 0.25) is 0 Å². The molecule has 452 valence electrons. The first-order chi connectivity index (χ1) is 39.0. The number of hydrogen-bond donors (Lipinski definition) is 0. The third-order valence-electron chi connectivity index (χ3n) is 14.3. The van der Waals surface area contributed by atoms with Crippen molar-refractivity contribution in [1.82, 2.24) is 0 Å². The predicted molar refractivity (Wildman–Crippen MR) is 343 cm³/mol.